The Morgan fingerprint density at radius 3 is 2.65 bits per heavy atom. The number of methoxy groups -OCH3 is 2. The van der Waals surface area contributed by atoms with Crippen molar-refractivity contribution in [2.24, 2.45) is 0 Å². The lowest BCUT2D eigenvalue weighted by molar-refractivity contribution is -0.142. The third-order valence-corrected chi connectivity index (χ3v) is 2.46. The average Bonchev–Trinajstić information content (AvgIpc) is 2.29. The minimum atomic E-state index is -0.587. The largest absolute Gasteiger partial charge is 0.495 e. The first-order chi connectivity index (χ1) is 8.06. The Bertz CT molecular complexity index is 433. The van der Waals surface area contributed by atoms with Crippen molar-refractivity contribution >= 4 is 33.5 Å². The number of rotatable bonds is 4. The predicted octanol–water partition coefficient (Wildman–Crippen LogP) is 1.96. The number of amides is 1. The van der Waals surface area contributed by atoms with E-state index in [1.807, 2.05) is 0 Å². The van der Waals surface area contributed by atoms with Gasteiger partial charge in [0.15, 0.2) is 0 Å². The molecule has 92 valence electrons. The fourth-order valence-electron chi connectivity index (χ4n) is 1.18. The summed E-state index contributed by atoms with van der Waals surface area (Å²) in [6.45, 7) is 0. The van der Waals surface area contributed by atoms with Gasteiger partial charge in [0.2, 0.25) is 5.91 Å². The molecule has 1 aromatic rings. The van der Waals surface area contributed by atoms with Crippen LogP contribution in [0.3, 0.4) is 0 Å². The van der Waals surface area contributed by atoms with E-state index in [1.165, 1.54) is 14.2 Å². The number of nitrogens with one attached hydrogen (secondary N) is 1. The highest BCUT2D eigenvalue weighted by Crippen LogP contribution is 2.27. The topological polar surface area (TPSA) is 64.6 Å². The lowest BCUT2D eigenvalue weighted by atomic mass is 10.3. The molecule has 0 saturated carbocycles. The lowest BCUT2D eigenvalue weighted by Gasteiger charge is -2.10. The SMILES string of the molecule is COC(=O)CC(=O)Nc1cc(Br)ccc1OC. The number of halogens is 1. The minimum absolute atomic E-state index is 0.327. The molecule has 1 aromatic carbocycles. The molecule has 0 aliphatic rings. The Morgan fingerprint density at radius 2 is 2.06 bits per heavy atom. The zero-order chi connectivity index (χ0) is 12.8. The second kappa shape index (κ2) is 6.24. The molecule has 0 spiro atoms. The van der Waals surface area contributed by atoms with E-state index in [-0.39, 0.29) is 6.42 Å². The van der Waals surface area contributed by atoms with E-state index >= 15 is 0 Å². The van der Waals surface area contributed by atoms with Crippen LogP contribution in [0.15, 0.2) is 22.7 Å². The van der Waals surface area contributed by atoms with E-state index in [0.29, 0.717) is 11.4 Å². The molecule has 5 nitrogen and oxygen atoms in total. The summed E-state index contributed by atoms with van der Waals surface area (Å²) < 4.78 is 10.3. The molecule has 0 atom stereocenters. The van der Waals surface area contributed by atoms with E-state index in [0.717, 1.165) is 4.47 Å². The third kappa shape index (κ3) is 4.07. The summed E-state index contributed by atoms with van der Waals surface area (Å²) >= 11 is 3.28. The summed E-state index contributed by atoms with van der Waals surface area (Å²) in [5, 5.41) is 2.57. The van der Waals surface area contributed by atoms with Crippen LogP contribution in [0.2, 0.25) is 0 Å². The van der Waals surface area contributed by atoms with Crippen LogP contribution in [0.5, 0.6) is 5.75 Å². The first-order valence-corrected chi connectivity index (χ1v) is 5.56. The second-order valence-electron chi connectivity index (χ2n) is 3.15. The molecular formula is C11H12BrNO4. The average molecular weight is 302 g/mol. The molecule has 0 aliphatic carbocycles. The smallest absolute Gasteiger partial charge is 0.315 e. The molecule has 0 heterocycles. The van der Waals surface area contributed by atoms with Gasteiger partial charge in [-0.15, -0.1) is 0 Å². The fourth-order valence-corrected chi connectivity index (χ4v) is 1.54. The molecule has 17 heavy (non-hydrogen) atoms. The Hall–Kier alpha value is -1.56. The number of esters is 1. The van der Waals surface area contributed by atoms with Crippen molar-refractivity contribution in [2.45, 2.75) is 6.42 Å². The number of carbonyl (C=O) groups excluding carboxylic acids is 2. The fraction of sp³-hybridized carbons (Fsp3) is 0.273. The van der Waals surface area contributed by atoms with Gasteiger partial charge < -0.3 is 14.8 Å². The first kappa shape index (κ1) is 13.5. The van der Waals surface area contributed by atoms with Gasteiger partial charge >= 0.3 is 5.97 Å². The van der Waals surface area contributed by atoms with Crippen LogP contribution in [0.4, 0.5) is 5.69 Å². The van der Waals surface area contributed by atoms with Crippen LogP contribution in [0, 0.1) is 0 Å². The Labute approximate surface area is 107 Å². The number of hydrogen-bond acceptors (Lipinski definition) is 4. The molecule has 0 aromatic heterocycles. The molecule has 1 amide bonds. The van der Waals surface area contributed by atoms with Crippen molar-refractivity contribution in [3.05, 3.63) is 22.7 Å². The lowest BCUT2D eigenvalue weighted by Crippen LogP contribution is -2.17. The maximum atomic E-state index is 11.5. The van der Waals surface area contributed by atoms with Gasteiger partial charge in [0.1, 0.15) is 12.2 Å². The van der Waals surface area contributed by atoms with Crippen molar-refractivity contribution in [2.75, 3.05) is 19.5 Å². The third-order valence-electron chi connectivity index (χ3n) is 1.97. The van der Waals surface area contributed by atoms with Crippen LogP contribution in [0.25, 0.3) is 0 Å². The van der Waals surface area contributed by atoms with Gasteiger partial charge in [0, 0.05) is 4.47 Å². The Morgan fingerprint density at radius 1 is 1.35 bits per heavy atom. The molecule has 0 fully saturated rings. The van der Waals surface area contributed by atoms with Crippen LogP contribution in [0.1, 0.15) is 6.42 Å². The molecule has 1 rings (SSSR count). The predicted molar refractivity (Wildman–Crippen MR) is 66.0 cm³/mol. The molecular weight excluding hydrogens is 290 g/mol. The monoisotopic (exact) mass is 301 g/mol. The van der Waals surface area contributed by atoms with Crippen LogP contribution in [-0.4, -0.2) is 26.1 Å². The number of anilines is 1. The molecule has 0 bridgehead atoms. The Balaban J connectivity index is 2.76. The Kier molecular flexibility index (Phi) is 4.96. The maximum absolute atomic E-state index is 11.5. The second-order valence-corrected chi connectivity index (χ2v) is 4.06. The number of benzene rings is 1. The van der Waals surface area contributed by atoms with Crippen molar-refractivity contribution in [3.63, 3.8) is 0 Å². The van der Waals surface area contributed by atoms with Crippen molar-refractivity contribution in [1.29, 1.82) is 0 Å². The van der Waals surface area contributed by atoms with E-state index in [9.17, 15) is 9.59 Å². The summed E-state index contributed by atoms with van der Waals surface area (Å²) in [5.41, 5.74) is 0.496. The van der Waals surface area contributed by atoms with Crippen LogP contribution < -0.4 is 10.1 Å². The van der Waals surface area contributed by atoms with E-state index in [4.69, 9.17) is 4.74 Å². The van der Waals surface area contributed by atoms with Crippen LogP contribution >= 0.6 is 15.9 Å². The number of carbonyl (C=O) groups is 2. The summed E-state index contributed by atoms with van der Waals surface area (Å²) in [7, 11) is 2.73. The molecule has 1 N–H and O–H groups in total. The highest BCUT2D eigenvalue weighted by atomic mass is 79.9. The van der Waals surface area contributed by atoms with Crippen molar-refractivity contribution in [1.82, 2.24) is 0 Å². The summed E-state index contributed by atoms with van der Waals surface area (Å²) in [6, 6.07) is 5.18. The van der Waals surface area contributed by atoms with Gasteiger partial charge in [-0.25, -0.2) is 0 Å². The summed E-state index contributed by atoms with van der Waals surface area (Å²) in [4.78, 5) is 22.4. The minimum Gasteiger partial charge on any atom is -0.495 e. The summed E-state index contributed by atoms with van der Waals surface area (Å²) in [5.74, 6) is -0.517. The first-order valence-electron chi connectivity index (χ1n) is 4.77. The van der Waals surface area contributed by atoms with Gasteiger partial charge in [0.05, 0.1) is 19.9 Å². The quantitative estimate of drug-likeness (QED) is 0.682. The molecule has 0 saturated heterocycles. The van der Waals surface area contributed by atoms with Crippen molar-refractivity contribution in [3.8, 4) is 5.75 Å². The molecule has 0 radical (unpaired) electrons. The number of hydrogen-bond donors (Lipinski definition) is 1. The van der Waals surface area contributed by atoms with E-state index in [2.05, 4.69) is 26.0 Å². The standard InChI is InChI=1S/C11H12BrNO4/c1-16-9-4-3-7(12)5-8(9)13-10(14)6-11(15)17-2/h3-5H,6H2,1-2H3,(H,13,14). The maximum Gasteiger partial charge on any atom is 0.315 e. The van der Waals surface area contributed by atoms with Crippen LogP contribution in [-0.2, 0) is 14.3 Å². The molecule has 0 unspecified atom stereocenters. The van der Waals surface area contributed by atoms with Gasteiger partial charge in [-0.05, 0) is 18.2 Å². The van der Waals surface area contributed by atoms with E-state index < -0.39 is 11.9 Å². The number of ether oxygens (including phenoxy) is 2. The normalized spacial score (nSPS) is 9.59. The summed E-state index contributed by atoms with van der Waals surface area (Å²) in [6.07, 6.45) is -0.327. The zero-order valence-electron chi connectivity index (χ0n) is 9.45. The van der Waals surface area contributed by atoms with Crippen molar-refractivity contribution < 1.29 is 19.1 Å². The zero-order valence-corrected chi connectivity index (χ0v) is 11.0. The van der Waals surface area contributed by atoms with Gasteiger partial charge in [0.25, 0.3) is 0 Å². The van der Waals surface area contributed by atoms with Gasteiger partial charge in [-0.3, -0.25) is 9.59 Å². The van der Waals surface area contributed by atoms with E-state index in [1.54, 1.807) is 18.2 Å². The molecule has 0 aliphatic heterocycles. The highest BCUT2D eigenvalue weighted by Gasteiger charge is 2.12. The van der Waals surface area contributed by atoms with Gasteiger partial charge in [-0.2, -0.15) is 0 Å². The van der Waals surface area contributed by atoms with Gasteiger partial charge in [-0.1, -0.05) is 15.9 Å². The molecule has 6 heteroatoms. The highest BCUT2D eigenvalue weighted by molar-refractivity contribution is 9.10.